The Kier molecular flexibility index (Phi) is 9.55. The van der Waals surface area contributed by atoms with Gasteiger partial charge in [-0.25, -0.2) is 0 Å². The fourth-order valence-corrected chi connectivity index (χ4v) is 3.17. The molecule has 0 saturated carbocycles. The van der Waals surface area contributed by atoms with Crippen LogP contribution in [-0.2, 0) is 9.59 Å². The molecule has 0 rings (SSSR count). The lowest BCUT2D eigenvalue weighted by molar-refractivity contribution is -0.122. The van der Waals surface area contributed by atoms with E-state index in [0.717, 1.165) is 18.7 Å². The highest BCUT2D eigenvalue weighted by molar-refractivity contribution is 8.76. The standard InChI is InChI=1S/C9H19N3O2S2/c1-12(2)4-3-5-15-16-6-8(9(10)14)11-7-13/h7-8H,3-6H2,1-2H3,(H2,10,14)(H,11,13). The molecule has 0 aliphatic carbocycles. The zero-order chi connectivity index (χ0) is 12.4. The van der Waals surface area contributed by atoms with Crippen LogP contribution in [0.2, 0.25) is 0 Å². The number of carbonyl (C=O) groups is 2. The third kappa shape index (κ3) is 8.87. The summed E-state index contributed by atoms with van der Waals surface area (Å²) in [7, 11) is 7.32. The molecule has 3 N–H and O–H groups in total. The van der Waals surface area contributed by atoms with Crippen molar-refractivity contribution < 1.29 is 9.59 Å². The second kappa shape index (κ2) is 9.80. The summed E-state index contributed by atoms with van der Waals surface area (Å²) in [5.74, 6) is 1.05. The van der Waals surface area contributed by atoms with E-state index in [-0.39, 0.29) is 0 Å². The third-order valence-corrected chi connectivity index (χ3v) is 4.26. The fraction of sp³-hybridized carbons (Fsp3) is 0.778. The molecule has 0 aromatic rings. The summed E-state index contributed by atoms with van der Waals surface area (Å²) in [5, 5.41) is 2.39. The van der Waals surface area contributed by atoms with Crippen molar-refractivity contribution in [1.82, 2.24) is 10.2 Å². The normalized spacial score (nSPS) is 12.4. The van der Waals surface area contributed by atoms with E-state index in [9.17, 15) is 9.59 Å². The first-order valence-corrected chi connectivity index (χ1v) is 7.45. The van der Waals surface area contributed by atoms with Gasteiger partial charge in [-0.1, -0.05) is 21.6 Å². The number of nitrogens with two attached hydrogens (primary N) is 1. The van der Waals surface area contributed by atoms with Gasteiger partial charge in [-0.2, -0.15) is 0 Å². The van der Waals surface area contributed by atoms with Gasteiger partial charge in [-0.3, -0.25) is 9.59 Å². The van der Waals surface area contributed by atoms with Crippen molar-refractivity contribution in [2.75, 3.05) is 32.1 Å². The quantitative estimate of drug-likeness (QED) is 0.328. The van der Waals surface area contributed by atoms with Gasteiger partial charge in [-0.15, -0.1) is 0 Å². The summed E-state index contributed by atoms with van der Waals surface area (Å²) in [5.41, 5.74) is 5.11. The van der Waals surface area contributed by atoms with E-state index in [1.807, 2.05) is 14.1 Å². The first kappa shape index (κ1) is 15.6. The zero-order valence-corrected chi connectivity index (χ0v) is 11.3. The van der Waals surface area contributed by atoms with Crippen LogP contribution >= 0.6 is 21.6 Å². The highest BCUT2D eigenvalue weighted by Gasteiger charge is 2.13. The number of carbonyl (C=O) groups excluding carboxylic acids is 2. The lowest BCUT2D eigenvalue weighted by atomic mass is 10.3. The number of nitrogens with one attached hydrogen (secondary N) is 1. The number of hydrogen-bond acceptors (Lipinski definition) is 5. The van der Waals surface area contributed by atoms with Crippen LogP contribution in [0.15, 0.2) is 0 Å². The summed E-state index contributed by atoms with van der Waals surface area (Å²) >= 11 is 0. The maximum absolute atomic E-state index is 10.9. The second-order valence-corrected chi connectivity index (χ2v) is 6.13. The minimum Gasteiger partial charge on any atom is -0.368 e. The number of rotatable bonds is 10. The largest absolute Gasteiger partial charge is 0.368 e. The molecular formula is C9H19N3O2S2. The van der Waals surface area contributed by atoms with Crippen LogP contribution in [0.4, 0.5) is 0 Å². The van der Waals surface area contributed by atoms with Crippen molar-refractivity contribution in [1.29, 1.82) is 0 Å². The molecule has 0 aliphatic rings. The smallest absolute Gasteiger partial charge is 0.240 e. The molecule has 94 valence electrons. The molecule has 5 nitrogen and oxygen atoms in total. The second-order valence-electron chi connectivity index (χ2n) is 3.50. The molecule has 2 amide bonds. The highest BCUT2D eigenvalue weighted by atomic mass is 33.1. The summed E-state index contributed by atoms with van der Waals surface area (Å²) < 4.78 is 0. The monoisotopic (exact) mass is 265 g/mol. The minimum absolute atomic E-state index is 0.492. The Bertz CT molecular complexity index is 215. The van der Waals surface area contributed by atoms with Gasteiger partial charge in [0.25, 0.3) is 0 Å². The van der Waals surface area contributed by atoms with Crippen LogP contribution in [0, 0.1) is 0 Å². The first-order chi connectivity index (χ1) is 7.57. The molecule has 1 unspecified atom stereocenters. The van der Waals surface area contributed by atoms with Gasteiger partial charge in [0, 0.05) is 11.5 Å². The maximum Gasteiger partial charge on any atom is 0.240 e. The van der Waals surface area contributed by atoms with Crippen LogP contribution in [0.1, 0.15) is 6.42 Å². The molecule has 0 fully saturated rings. The number of amides is 2. The summed E-state index contributed by atoms with van der Waals surface area (Å²) in [6.07, 6.45) is 1.61. The topological polar surface area (TPSA) is 75.4 Å². The Balaban J connectivity index is 3.47. The van der Waals surface area contributed by atoms with E-state index >= 15 is 0 Å². The van der Waals surface area contributed by atoms with E-state index in [2.05, 4.69) is 10.2 Å². The average Bonchev–Trinajstić information content (AvgIpc) is 2.20. The van der Waals surface area contributed by atoms with Gasteiger partial charge in [0.2, 0.25) is 12.3 Å². The van der Waals surface area contributed by atoms with Crippen LogP contribution in [0.3, 0.4) is 0 Å². The average molecular weight is 265 g/mol. The van der Waals surface area contributed by atoms with Crippen molar-refractivity contribution in [3.05, 3.63) is 0 Å². The molecule has 16 heavy (non-hydrogen) atoms. The molecule has 0 bridgehead atoms. The summed E-state index contributed by atoms with van der Waals surface area (Å²) in [4.78, 5) is 23.2. The molecule has 7 heteroatoms. The van der Waals surface area contributed by atoms with E-state index in [1.54, 1.807) is 21.6 Å². The summed E-state index contributed by atoms with van der Waals surface area (Å²) in [6.45, 7) is 1.05. The van der Waals surface area contributed by atoms with E-state index in [0.29, 0.717) is 12.2 Å². The number of primary amides is 1. The van der Waals surface area contributed by atoms with Gasteiger partial charge >= 0.3 is 0 Å². The van der Waals surface area contributed by atoms with Gasteiger partial charge in [0.1, 0.15) is 6.04 Å². The van der Waals surface area contributed by atoms with Crippen molar-refractivity contribution in [3.8, 4) is 0 Å². The Hall–Kier alpha value is -0.400. The van der Waals surface area contributed by atoms with Gasteiger partial charge in [0.15, 0.2) is 0 Å². The molecule has 0 aliphatic heterocycles. The minimum atomic E-state index is -0.566. The maximum atomic E-state index is 10.9. The first-order valence-electron chi connectivity index (χ1n) is 4.96. The molecule has 0 radical (unpaired) electrons. The van der Waals surface area contributed by atoms with Crippen LogP contribution in [0.25, 0.3) is 0 Å². The van der Waals surface area contributed by atoms with E-state index in [1.165, 1.54) is 0 Å². The van der Waals surface area contributed by atoms with Crippen molar-refractivity contribution >= 4 is 33.9 Å². The van der Waals surface area contributed by atoms with Crippen LogP contribution in [-0.4, -0.2) is 55.4 Å². The number of nitrogens with zero attached hydrogens (tertiary/aromatic N) is 1. The van der Waals surface area contributed by atoms with Gasteiger partial charge < -0.3 is 16.0 Å². The lowest BCUT2D eigenvalue weighted by Gasteiger charge is -2.11. The molecule has 0 aromatic carbocycles. The Labute approximate surface area is 104 Å². The van der Waals surface area contributed by atoms with Crippen LogP contribution < -0.4 is 11.1 Å². The Morgan fingerprint density at radius 1 is 1.50 bits per heavy atom. The highest BCUT2D eigenvalue weighted by Crippen LogP contribution is 2.22. The van der Waals surface area contributed by atoms with Gasteiger partial charge in [0.05, 0.1) is 0 Å². The molecule has 1 atom stereocenters. The SMILES string of the molecule is CN(C)CCCSSCC(NC=O)C(N)=O. The van der Waals surface area contributed by atoms with E-state index in [4.69, 9.17) is 5.73 Å². The predicted octanol–water partition coefficient (Wildman–Crippen LogP) is -0.0806. The van der Waals surface area contributed by atoms with Crippen molar-refractivity contribution in [2.45, 2.75) is 12.5 Å². The van der Waals surface area contributed by atoms with Crippen LogP contribution in [0.5, 0.6) is 0 Å². The van der Waals surface area contributed by atoms with Crippen molar-refractivity contribution in [3.63, 3.8) is 0 Å². The molecule has 0 aromatic heterocycles. The molecule has 0 heterocycles. The third-order valence-electron chi connectivity index (χ3n) is 1.76. The van der Waals surface area contributed by atoms with Gasteiger partial charge in [-0.05, 0) is 27.1 Å². The summed E-state index contributed by atoms with van der Waals surface area (Å²) in [6, 6.07) is -0.566. The number of hydrogen-bond donors (Lipinski definition) is 2. The Morgan fingerprint density at radius 3 is 2.69 bits per heavy atom. The molecule has 0 spiro atoms. The zero-order valence-electron chi connectivity index (χ0n) is 9.64. The lowest BCUT2D eigenvalue weighted by Crippen LogP contribution is -2.42. The predicted molar refractivity (Wildman–Crippen MR) is 70.3 cm³/mol. The van der Waals surface area contributed by atoms with E-state index < -0.39 is 11.9 Å². The molecular weight excluding hydrogens is 246 g/mol. The Morgan fingerprint density at radius 2 is 2.19 bits per heavy atom. The molecule has 0 saturated heterocycles. The van der Waals surface area contributed by atoms with Crippen molar-refractivity contribution in [2.24, 2.45) is 5.73 Å². The fourth-order valence-electron chi connectivity index (χ4n) is 0.909.